The number of nitrogens with zero attached hydrogens (tertiary/aromatic N) is 2. The first kappa shape index (κ1) is 18.2. The molecule has 1 N–H and O–H groups in total. The van der Waals surface area contributed by atoms with E-state index in [2.05, 4.69) is 10.2 Å². The molecule has 2 aliphatic rings. The number of carbonyl (C=O) groups is 1. The number of likely N-dealkylation sites (N-methyl/N-ethyl adjacent to an activating group) is 1. The zero-order valence-electron chi connectivity index (χ0n) is 13.5. The zero-order valence-corrected chi connectivity index (χ0v) is 14.3. The third-order valence-corrected chi connectivity index (χ3v) is 4.89. The molecule has 2 aliphatic heterocycles. The number of carbonyl (C=O) groups excluding carboxylic acids is 1. The lowest BCUT2D eigenvalue weighted by Crippen LogP contribution is -2.48. The Labute approximate surface area is 143 Å². The summed E-state index contributed by atoms with van der Waals surface area (Å²) in [5.41, 5.74) is 0.567. The molecule has 0 radical (unpaired) electrons. The first-order valence-electron chi connectivity index (χ1n) is 8.06. The van der Waals surface area contributed by atoms with Crippen LogP contribution in [0.2, 0.25) is 0 Å². The van der Waals surface area contributed by atoms with E-state index in [4.69, 9.17) is 0 Å². The van der Waals surface area contributed by atoms with Crippen molar-refractivity contribution in [3.05, 3.63) is 35.6 Å². The van der Waals surface area contributed by atoms with Gasteiger partial charge in [-0.25, -0.2) is 4.39 Å². The Morgan fingerprint density at radius 2 is 2.17 bits per heavy atom. The molecule has 1 amide bonds. The Hall–Kier alpha value is -1.17. The van der Waals surface area contributed by atoms with Gasteiger partial charge in [0.05, 0.1) is 6.54 Å². The number of rotatable bonds is 4. The minimum atomic E-state index is -0.250. The molecule has 0 bridgehead atoms. The maximum absolute atomic E-state index is 13.7. The third kappa shape index (κ3) is 4.43. The molecule has 0 aliphatic carbocycles. The number of likely N-dealkylation sites (tertiary alicyclic amines) is 1. The van der Waals surface area contributed by atoms with Crippen molar-refractivity contribution in [2.45, 2.75) is 25.4 Å². The number of fused-ring (bicyclic) bond motifs is 1. The molecule has 4 nitrogen and oxygen atoms in total. The maximum Gasteiger partial charge on any atom is 0.236 e. The van der Waals surface area contributed by atoms with E-state index in [0.717, 1.165) is 26.1 Å². The number of piperidine rings is 1. The van der Waals surface area contributed by atoms with Crippen molar-refractivity contribution in [2.24, 2.45) is 5.92 Å². The highest BCUT2D eigenvalue weighted by molar-refractivity contribution is 5.85. The largest absolute Gasteiger partial charge is 0.340 e. The Morgan fingerprint density at radius 1 is 1.39 bits per heavy atom. The summed E-state index contributed by atoms with van der Waals surface area (Å²) in [7, 11) is 1.75. The van der Waals surface area contributed by atoms with E-state index in [1.165, 1.54) is 12.5 Å². The number of amides is 1. The van der Waals surface area contributed by atoms with Gasteiger partial charge in [-0.05, 0) is 31.4 Å². The van der Waals surface area contributed by atoms with Crippen LogP contribution in [0, 0.1) is 11.7 Å². The van der Waals surface area contributed by atoms with Crippen LogP contribution in [-0.4, -0.2) is 55.0 Å². The highest BCUT2D eigenvalue weighted by atomic mass is 35.5. The Morgan fingerprint density at radius 3 is 2.96 bits per heavy atom. The fourth-order valence-corrected chi connectivity index (χ4v) is 3.55. The van der Waals surface area contributed by atoms with Gasteiger partial charge in [0.15, 0.2) is 0 Å². The van der Waals surface area contributed by atoms with Crippen LogP contribution in [-0.2, 0) is 11.3 Å². The lowest BCUT2D eigenvalue weighted by molar-refractivity contribution is -0.132. The topological polar surface area (TPSA) is 35.6 Å². The van der Waals surface area contributed by atoms with Crippen LogP contribution in [0.4, 0.5) is 4.39 Å². The molecule has 2 fully saturated rings. The predicted molar refractivity (Wildman–Crippen MR) is 91.1 cm³/mol. The van der Waals surface area contributed by atoms with Crippen LogP contribution in [0.1, 0.15) is 18.4 Å². The van der Waals surface area contributed by atoms with E-state index < -0.39 is 0 Å². The van der Waals surface area contributed by atoms with Gasteiger partial charge < -0.3 is 10.2 Å². The van der Waals surface area contributed by atoms with Gasteiger partial charge in [-0.2, -0.15) is 0 Å². The first-order chi connectivity index (χ1) is 10.6. The van der Waals surface area contributed by atoms with E-state index >= 15 is 0 Å². The van der Waals surface area contributed by atoms with Crippen molar-refractivity contribution in [2.75, 3.05) is 33.2 Å². The number of hydrogen-bond donors (Lipinski definition) is 1. The second kappa shape index (κ2) is 8.08. The summed E-state index contributed by atoms with van der Waals surface area (Å²) in [6, 6.07) is 7.28. The van der Waals surface area contributed by atoms with Crippen molar-refractivity contribution in [1.29, 1.82) is 0 Å². The van der Waals surface area contributed by atoms with E-state index in [9.17, 15) is 9.18 Å². The van der Waals surface area contributed by atoms with Crippen LogP contribution in [0.5, 0.6) is 0 Å². The molecule has 2 saturated heterocycles. The Balaban J connectivity index is 0.00000192. The van der Waals surface area contributed by atoms with Crippen LogP contribution in [0.3, 0.4) is 0 Å². The minimum Gasteiger partial charge on any atom is -0.340 e. The Bertz CT molecular complexity index is 542. The quantitative estimate of drug-likeness (QED) is 0.908. The number of hydrogen-bond acceptors (Lipinski definition) is 3. The van der Waals surface area contributed by atoms with Crippen LogP contribution >= 0.6 is 12.4 Å². The van der Waals surface area contributed by atoms with Gasteiger partial charge in [0, 0.05) is 38.3 Å². The summed E-state index contributed by atoms with van der Waals surface area (Å²) in [6.45, 7) is 3.83. The highest BCUT2D eigenvalue weighted by Crippen LogP contribution is 2.24. The third-order valence-electron chi connectivity index (χ3n) is 4.89. The average Bonchev–Trinajstić information content (AvgIpc) is 2.97. The fourth-order valence-electron chi connectivity index (χ4n) is 3.55. The molecule has 1 aromatic carbocycles. The van der Waals surface area contributed by atoms with Gasteiger partial charge in [-0.3, -0.25) is 9.69 Å². The number of benzene rings is 1. The van der Waals surface area contributed by atoms with E-state index in [1.54, 1.807) is 30.1 Å². The van der Waals surface area contributed by atoms with Crippen LogP contribution in [0.15, 0.2) is 24.3 Å². The average molecular weight is 342 g/mol. The van der Waals surface area contributed by atoms with Gasteiger partial charge in [0.25, 0.3) is 0 Å². The molecule has 2 heterocycles. The molecule has 2 unspecified atom stereocenters. The number of halogens is 2. The monoisotopic (exact) mass is 341 g/mol. The summed E-state index contributed by atoms with van der Waals surface area (Å²) in [6.07, 6.45) is 2.33. The molecule has 0 spiro atoms. The highest BCUT2D eigenvalue weighted by Gasteiger charge is 2.33. The van der Waals surface area contributed by atoms with Gasteiger partial charge in [-0.15, -0.1) is 12.4 Å². The fraction of sp³-hybridized carbons (Fsp3) is 0.588. The molecule has 3 rings (SSSR count). The summed E-state index contributed by atoms with van der Waals surface area (Å²) in [5, 5.41) is 3.53. The van der Waals surface area contributed by atoms with Gasteiger partial charge >= 0.3 is 0 Å². The second-order valence-corrected chi connectivity index (χ2v) is 6.47. The van der Waals surface area contributed by atoms with Gasteiger partial charge in [0.2, 0.25) is 5.91 Å². The summed E-state index contributed by atoms with van der Waals surface area (Å²) < 4.78 is 13.7. The minimum absolute atomic E-state index is 0. The van der Waals surface area contributed by atoms with E-state index in [0.29, 0.717) is 30.6 Å². The van der Waals surface area contributed by atoms with Crippen molar-refractivity contribution in [1.82, 2.24) is 15.1 Å². The van der Waals surface area contributed by atoms with Gasteiger partial charge in [-0.1, -0.05) is 18.2 Å². The van der Waals surface area contributed by atoms with E-state index in [1.807, 2.05) is 0 Å². The SMILES string of the molecule is CN(Cc1ccccc1F)C(=O)CN1CCC2NCCC2C1.Cl. The molecule has 23 heavy (non-hydrogen) atoms. The normalized spacial score (nSPS) is 23.9. The number of nitrogens with one attached hydrogen (secondary N) is 1. The zero-order chi connectivity index (χ0) is 15.5. The predicted octanol–water partition coefficient (Wildman–Crippen LogP) is 1.89. The lowest BCUT2D eigenvalue weighted by Gasteiger charge is -2.35. The summed E-state index contributed by atoms with van der Waals surface area (Å²) in [4.78, 5) is 16.2. The molecule has 0 saturated carbocycles. The van der Waals surface area contributed by atoms with Crippen molar-refractivity contribution >= 4 is 18.3 Å². The van der Waals surface area contributed by atoms with Crippen molar-refractivity contribution in [3.63, 3.8) is 0 Å². The second-order valence-electron chi connectivity index (χ2n) is 6.47. The lowest BCUT2D eigenvalue weighted by atomic mass is 9.93. The standard InChI is InChI=1S/C17H24FN3O.ClH/c1-20(10-13-4-2-3-5-15(13)18)17(22)12-21-9-7-16-14(11-21)6-8-19-16;/h2-5,14,16,19H,6-12H2,1H3;1H. The molecule has 0 aromatic heterocycles. The molecule has 1 aromatic rings. The molecule has 128 valence electrons. The van der Waals surface area contributed by atoms with E-state index in [-0.39, 0.29) is 24.1 Å². The van der Waals surface area contributed by atoms with Crippen molar-refractivity contribution in [3.8, 4) is 0 Å². The first-order valence-corrected chi connectivity index (χ1v) is 8.06. The van der Waals surface area contributed by atoms with Crippen LogP contribution < -0.4 is 5.32 Å². The Kier molecular flexibility index (Phi) is 6.39. The molecular weight excluding hydrogens is 317 g/mol. The summed E-state index contributed by atoms with van der Waals surface area (Å²) >= 11 is 0. The summed E-state index contributed by atoms with van der Waals surface area (Å²) in [5.74, 6) is 0.492. The van der Waals surface area contributed by atoms with Gasteiger partial charge in [0.1, 0.15) is 5.82 Å². The maximum atomic E-state index is 13.7. The van der Waals surface area contributed by atoms with Crippen molar-refractivity contribution < 1.29 is 9.18 Å². The van der Waals surface area contributed by atoms with Crippen LogP contribution in [0.25, 0.3) is 0 Å². The molecule has 2 atom stereocenters. The smallest absolute Gasteiger partial charge is 0.236 e. The molecular formula is C17H25ClFN3O. The molecule has 6 heteroatoms.